The molecule has 1 atom stereocenters. The van der Waals surface area contributed by atoms with E-state index in [9.17, 15) is 18.8 Å². The Kier molecular flexibility index (Phi) is 10.3. The van der Waals surface area contributed by atoms with E-state index in [1.54, 1.807) is 73.1 Å². The van der Waals surface area contributed by atoms with Crippen LogP contribution in [0.1, 0.15) is 29.3 Å². The maximum absolute atomic E-state index is 14.6. The van der Waals surface area contributed by atoms with Gasteiger partial charge in [0.15, 0.2) is 0 Å². The highest BCUT2D eigenvalue weighted by Gasteiger charge is 2.20. The third-order valence-corrected chi connectivity index (χ3v) is 7.49. The second-order valence-electron chi connectivity index (χ2n) is 8.74. The van der Waals surface area contributed by atoms with E-state index in [2.05, 4.69) is 20.9 Å². The first-order valence-corrected chi connectivity index (χ1v) is 13.9. The third kappa shape index (κ3) is 8.26. The average Bonchev–Trinajstić information content (AvgIpc) is 2.98. The van der Waals surface area contributed by atoms with Crippen molar-refractivity contribution in [2.24, 2.45) is 0 Å². The molecule has 3 amide bonds. The summed E-state index contributed by atoms with van der Waals surface area (Å²) in [5, 5.41) is 7.89. The normalized spacial score (nSPS) is 11.8. The maximum atomic E-state index is 14.6. The summed E-state index contributed by atoms with van der Waals surface area (Å²) in [4.78, 5) is 43.8. The molecule has 3 N–H and O–H groups in total. The van der Waals surface area contributed by atoms with Crippen molar-refractivity contribution in [3.05, 3.63) is 125 Å². The van der Waals surface area contributed by atoms with Crippen molar-refractivity contribution in [3.63, 3.8) is 0 Å². The molecule has 208 valence electrons. The summed E-state index contributed by atoms with van der Waals surface area (Å²) in [6.07, 6.45) is 4.96. The Hall–Kier alpha value is -4.47. The van der Waals surface area contributed by atoms with Crippen LogP contribution in [-0.4, -0.2) is 28.0 Å². The predicted octanol–water partition coefficient (Wildman–Crippen LogP) is 6.79. The zero-order chi connectivity index (χ0) is 29.2. The summed E-state index contributed by atoms with van der Waals surface area (Å²) in [6.45, 7) is 1.91. The number of aromatic nitrogens is 1. The Morgan fingerprint density at radius 3 is 2.37 bits per heavy atom. The second kappa shape index (κ2) is 14.2. The Labute approximate surface area is 246 Å². The number of pyridine rings is 1. The maximum Gasteiger partial charge on any atom is 0.272 e. The molecule has 41 heavy (non-hydrogen) atoms. The van der Waals surface area contributed by atoms with Crippen LogP contribution in [0.25, 0.3) is 6.08 Å². The molecule has 0 saturated carbocycles. The van der Waals surface area contributed by atoms with Gasteiger partial charge in [0.25, 0.3) is 11.8 Å². The lowest BCUT2D eigenvalue weighted by Gasteiger charge is -2.16. The van der Waals surface area contributed by atoms with E-state index in [-0.39, 0.29) is 22.2 Å². The van der Waals surface area contributed by atoms with Crippen molar-refractivity contribution in [2.75, 3.05) is 10.6 Å². The topological polar surface area (TPSA) is 100 Å². The highest BCUT2D eigenvalue weighted by Crippen LogP contribution is 2.29. The van der Waals surface area contributed by atoms with Crippen molar-refractivity contribution in [3.8, 4) is 0 Å². The molecule has 0 aliphatic rings. The molecule has 0 fully saturated rings. The molecule has 1 heterocycles. The molecule has 4 rings (SSSR count). The number of thioether (sulfide) groups is 1. The molecule has 10 heteroatoms. The molecule has 1 unspecified atom stereocenters. The van der Waals surface area contributed by atoms with Crippen LogP contribution in [0.15, 0.2) is 108 Å². The van der Waals surface area contributed by atoms with E-state index in [0.717, 1.165) is 4.90 Å². The zero-order valence-electron chi connectivity index (χ0n) is 21.9. The van der Waals surface area contributed by atoms with Gasteiger partial charge in [-0.15, -0.1) is 11.8 Å². The van der Waals surface area contributed by atoms with Crippen LogP contribution in [0.4, 0.5) is 15.8 Å². The number of hydrogen-bond donors (Lipinski definition) is 3. The highest BCUT2D eigenvalue weighted by molar-refractivity contribution is 8.00. The van der Waals surface area contributed by atoms with Gasteiger partial charge in [0, 0.05) is 39.8 Å². The molecule has 0 spiro atoms. The number of hydrogen-bond acceptors (Lipinski definition) is 5. The molecule has 4 aromatic rings. The Morgan fingerprint density at radius 2 is 1.66 bits per heavy atom. The molecule has 1 aromatic heterocycles. The van der Waals surface area contributed by atoms with E-state index < -0.39 is 22.9 Å². The number of nitrogens with one attached hydrogen (secondary N) is 3. The van der Waals surface area contributed by atoms with E-state index in [1.807, 2.05) is 13.0 Å². The number of amides is 3. The molecule has 0 radical (unpaired) electrons. The summed E-state index contributed by atoms with van der Waals surface area (Å²) >= 11 is 7.53. The van der Waals surface area contributed by atoms with Crippen LogP contribution in [-0.2, 0) is 9.59 Å². The average molecular weight is 589 g/mol. The first-order valence-electron chi connectivity index (χ1n) is 12.6. The molecular weight excluding hydrogens is 563 g/mol. The minimum Gasteiger partial charge on any atom is -0.325 e. The van der Waals surface area contributed by atoms with Gasteiger partial charge < -0.3 is 16.0 Å². The lowest BCUT2D eigenvalue weighted by Crippen LogP contribution is -2.30. The number of anilines is 2. The first-order chi connectivity index (χ1) is 19.8. The van der Waals surface area contributed by atoms with Crippen LogP contribution in [0.2, 0.25) is 5.02 Å². The summed E-state index contributed by atoms with van der Waals surface area (Å²) in [6, 6.07) is 22.9. The number of rotatable bonds is 10. The van der Waals surface area contributed by atoms with Crippen molar-refractivity contribution in [1.82, 2.24) is 10.3 Å². The van der Waals surface area contributed by atoms with Gasteiger partial charge in [0.2, 0.25) is 5.91 Å². The number of nitrogens with zero attached hydrogens (tertiary/aromatic N) is 1. The lowest BCUT2D eigenvalue weighted by molar-refractivity contribution is -0.116. The molecule has 0 aliphatic carbocycles. The Bertz CT molecular complexity index is 1550. The standard InChI is InChI=1S/C31H26ClFN4O3S/c1-2-28(31(40)35-21-14-16-34-17-15-21)41-23-11-6-10-22(18-23)36-30(39)27(19-24-25(32)12-7-13-26(24)33)37-29(38)20-8-4-3-5-9-20/h3-19,28H,2H2,1H3,(H,36,39)(H,37,38)(H,34,35,40)/b27-19+. The lowest BCUT2D eigenvalue weighted by atomic mass is 10.1. The van der Waals surface area contributed by atoms with Crippen LogP contribution in [0.5, 0.6) is 0 Å². The minimum absolute atomic E-state index is 0.0389. The minimum atomic E-state index is -0.682. The van der Waals surface area contributed by atoms with Gasteiger partial charge >= 0.3 is 0 Å². The van der Waals surface area contributed by atoms with Gasteiger partial charge in [-0.25, -0.2) is 4.39 Å². The van der Waals surface area contributed by atoms with Gasteiger partial charge in [-0.1, -0.05) is 48.9 Å². The van der Waals surface area contributed by atoms with Crippen molar-refractivity contribution >= 4 is 58.5 Å². The largest absolute Gasteiger partial charge is 0.325 e. The van der Waals surface area contributed by atoms with E-state index in [1.165, 1.54) is 36.0 Å². The fourth-order valence-corrected chi connectivity index (χ4v) is 4.96. The summed E-state index contributed by atoms with van der Waals surface area (Å²) < 4.78 is 14.6. The highest BCUT2D eigenvalue weighted by atomic mass is 35.5. The number of benzene rings is 3. The van der Waals surface area contributed by atoms with Crippen LogP contribution >= 0.6 is 23.4 Å². The molecule has 0 saturated heterocycles. The first kappa shape index (κ1) is 29.5. The summed E-state index contributed by atoms with van der Waals surface area (Å²) in [7, 11) is 0. The molecule has 3 aromatic carbocycles. The number of carbonyl (C=O) groups is 3. The van der Waals surface area contributed by atoms with Gasteiger partial charge in [-0.05, 0) is 67.1 Å². The Morgan fingerprint density at radius 1 is 0.927 bits per heavy atom. The van der Waals surface area contributed by atoms with E-state index in [4.69, 9.17) is 11.6 Å². The van der Waals surface area contributed by atoms with Gasteiger partial charge in [0.05, 0.1) is 10.3 Å². The smallest absolute Gasteiger partial charge is 0.272 e. The summed E-state index contributed by atoms with van der Waals surface area (Å²) in [5.74, 6) is -2.03. The fourth-order valence-electron chi connectivity index (χ4n) is 3.73. The molecule has 0 bridgehead atoms. The predicted molar refractivity (Wildman–Crippen MR) is 161 cm³/mol. The molecule has 7 nitrogen and oxygen atoms in total. The van der Waals surface area contributed by atoms with E-state index >= 15 is 0 Å². The van der Waals surface area contributed by atoms with Gasteiger partial charge in [-0.2, -0.15) is 0 Å². The zero-order valence-corrected chi connectivity index (χ0v) is 23.5. The van der Waals surface area contributed by atoms with Crippen LogP contribution in [0, 0.1) is 5.82 Å². The number of carbonyl (C=O) groups excluding carboxylic acids is 3. The second-order valence-corrected chi connectivity index (χ2v) is 10.4. The summed E-state index contributed by atoms with van der Waals surface area (Å²) in [5.41, 5.74) is 1.15. The fraction of sp³-hybridized carbons (Fsp3) is 0.0968. The Balaban J connectivity index is 1.53. The van der Waals surface area contributed by atoms with Crippen LogP contribution < -0.4 is 16.0 Å². The molecular formula is C31H26ClFN4O3S. The van der Waals surface area contributed by atoms with Gasteiger partial charge in [0.1, 0.15) is 11.5 Å². The monoisotopic (exact) mass is 588 g/mol. The van der Waals surface area contributed by atoms with Crippen molar-refractivity contribution in [2.45, 2.75) is 23.5 Å². The van der Waals surface area contributed by atoms with Gasteiger partial charge in [-0.3, -0.25) is 19.4 Å². The van der Waals surface area contributed by atoms with Crippen molar-refractivity contribution in [1.29, 1.82) is 0 Å². The third-order valence-electron chi connectivity index (χ3n) is 5.80. The number of halogens is 2. The SMILES string of the molecule is CCC(Sc1cccc(NC(=O)/C(=C\c2c(F)cccc2Cl)NC(=O)c2ccccc2)c1)C(=O)Nc1ccncc1. The molecule has 0 aliphatic heterocycles. The van der Waals surface area contributed by atoms with E-state index in [0.29, 0.717) is 23.4 Å². The quantitative estimate of drug-likeness (QED) is 0.140. The van der Waals surface area contributed by atoms with Crippen LogP contribution in [0.3, 0.4) is 0 Å². The van der Waals surface area contributed by atoms with Crippen molar-refractivity contribution < 1.29 is 18.8 Å².